The first-order chi connectivity index (χ1) is 10.5. The summed E-state index contributed by atoms with van der Waals surface area (Å²) in [5.41, 5.74) is 1.25. The average molecular weight is 390 g/mol. The molecule has 0 aliphatic rings. The first-order valence-corrected chi connectivity index (χ1v) is 8.86. The minimum absolute atomic E-state index is 0. The van der Waals surface area contributed by atoms with Gasteiger partial charge in [0.05, 0.1) is 11.7 Å². The number of aromatic amines is 1. The van der Waals surface area contributed by atoms with Crippen LogP contribution in [0.5, 0.6) is 0 Å². The van der Waals surface area contributed by atoms with Crippen molar-refractivity contribution in [2.75, 3.05) is 4.72 Å². The van der Waals surface area contributed by atoms with Gasteiger partial charge in [-0.05, 0) is 18.2 Å². The number of hydrogen-bond donors (Lipinski definition) is 2. The Morgan fingerprint density at radius 3 is 3.00 bits per heavy atom. The van der Waals surface area contributed by atoms with Gasteiger partial charge in [-0.3, -0.25) is 14.2 Å². The van der Waals surface area contributed by atoms with Gasteiger partial charge >= 0.3 is 0 Å². The van der Waals surface area contributed by atoms with Crippen LogP contribution in [0.15, 0.2) is 41.0 Å². The molecule has 23 heavy (non-hydrogen) atoms. The topological polar surface area (TPSA) is 92.1 Å². The van der Waals surface area contributed by atoms with E-state index in [1.54, 1.807) is 36.0 Å². The SMILES string of the molecule is Cl.O=S(=O)(Nc1ccc2[nH]ncc2c1)c1c(Cl)nc2sccn12. The third-order valence-electron chi connectivity index (χ3n) is 3.13. The van der Waals surface area contributed by atoms with E-state index in [2.05, 4.69) is 19.9 Å². The van der Waals surface area contributed by atoms with E-state index in [9.17, 15) is 8.42 Å². The summed E-state index contributed by atoms with van der Waals surface area (Å²) in [6, 6.07) is 5.09. The van der Waals surface area contributed by atoms with E-state index in [4.69, 9.17) is 11.6 Å². The van der Waals surface area contributed by atoms with E-state index in [0.29, 0.717) is 10.6 Å². The Morgan fingerprint density at radius 1 is 1.35 bits per heavy atom. The largest absolute Gasteiger partial charge is 0.281 e. The summed E-state index contributed by atoms with van der Waals surface area (Å²) < 4.78 is 29.2. The van der Waals surface area contributed by atoms with Crippen LogP contribution < -0.4 is 4.72 Å². The van der Waals surface area contributed by atoms with Gasteiger partial charge in [-0.2, -0.15) is 13.5 Å². The lowest BCUT2D eigenvalue weighted by Gasteiger charge is -2.07. The summed E-state index contributed by atoms with van der Waals surface area (Å²) in [5.74, 6) is 0. The van der Waals surface area contributed by atoms with Crippen molar-refractivity contribution in [2.45, 2.75) is 5.03 Å². The number of sulfonamides is 1. The molecule has 11 heteroatoms. The van der Waals surface area contributed by atoms with E-state index in [0.717, 1.165) is 10.9 Å². The minimum atomic E-state index is -3.85. The molecule has 0 radical (unpaired) electrons. The first-order valence-electron chi connectivity index (χ1n) is 6.11. The van der Waals surface area contributed by atoms with E-state index in [-0.39, 0.29) is 22.6 Å². The quantitative estimate of drug-likeness (QED) is 0.562. The number of fused-ring (bicyclic) bond motifs is 2. The zero-order valence-corrected chi connectivity index (χ0v) is 14.4. The molecule has 120 valence electrons. The van der Waals surface area contributed by atoms with Crippen LogP contribution in [0.3, 0.4) is 0 Å². The second-order valence-corrected chi connectivity index (χ2v) is 7.37. The second-order valence-electron chi connectivity index (χ2n) is 4.54. The van der Waals surface area contributed by atoms with Crippen LogP contribution in [0.2, 0.25) is 5.15 Å². The highest BCUT2D eigenvalue weighted by Gasteiger charge is 2.25. The molecule has 4 aromatic rings. The van der Waals surface area contributed by atoms with Gasteiger partial charge in [0, 0.05) is 22.7 Å². The molecule has 0 bridgehead atoms. The molecule has 0 atom stereocenters. The zero-order chi connectivity index (χ0) is 15.3. The molecule has 0 unspecified atom stereocenters. The standard InChI is InChI=1S/C12H8ClN5O2S2.ClH/c13-10-11(18-3-4-21-12(18)15-10)22(19,20)17-8-1-2-9-7(5-8)6-14-16-9;/h1-6,17H,(H,14,16);1H. The van der Waals surface area contributed by atoms with Crippen LogP contribution in [-0.2, 0) is 10.0 Å². The van der Waals surface area contributed by atoms with E-state index in [1.165, 1.54) is 15.7 Å². The molecule has 1 aromatic carbocycles. The number of thiazole rings is 1. The lowest BCUT2D eigenvalue weighted by molar-refractivity contribution is 0.597. The van der Waals surface area contributed by atoms with Crippen molar-refractivity contribution in [3.63, 3.8) is 0 Å². The van der Waals surface area contributed by atoms with Gasteiger partial charge in [0.25, 0.3) is 10.0 Å². The Hall–Kier alpha value is -1.81. The number of imidazole rings is 1. The summed E-state index contributed by atoms with van der Waals surface area (Å²) in [6.45, 7) is 0. The number of hydrogen-bond acceptors (Lipinski definition) is 5. The molecule has 0 aliphatic heterocycles. The highest BCUT2D eigenvalue weighted by Crippen LogP contribution is 2.27. The summed E-state index contributed by atoms with van der Waals surface area (Å²) >= 11 is 7.29. The number of rotatable bonds is 3. The number of anilines is 1. The maximum Gasteiger partial charge on any atom is 0.281 e. The molecule has 0 amide bonds. The fraction of sp³-hybridized carbons (Fsp3) is 0. The minimum Gasteiger partial charge on any atom is -0.278 e. The highest BCUT2D eigenvalue weighted by atomic mass is 35.5. The number of nitrogens with zero attached hydrogens (tertiary/aromatic N) is 3. The van der Waals surface area contributed by atoms with Gasteiger partial charge in [0.2, 0.25) is 0 Å². The molecular formula is C12H9Cl2N5O2S2. The predicted octanol–water partition coefficient (Wildman–Crippen LogP) is 3.15. The maximum absolute atomic E-state index is 12.6. The monoisotopic (exact) mass is 389 g/mol. The lowest BCUT2D eigenvalue weighted by atomic mass is 10.2. The maximum atomic E-state index is 12.6. The molecule has 4 rings (SSSR count). The van der Waals surface area contributed by atoms with Crippen LogP contribution in [0.1, 0.15) is 0 Å². The van der Waals surface area contributed by atoms with Gasteiger partial charge in [-0.15, -0.1) is 23.7 Å². The first kappa shape index (κ1) is 16.1. The molecule has 0 saturated carbocycles. The Kier molecular flexibility index (Phi) is 3.96. The predicted molar refractivity (Wildman–Crippen MR) is 92.2 cm³/mol. The van der Waals surface area contributed by atoms with Gasteiger partial charge in [-0.1, -0.05) is 11.6 Å². The summed E-state index contributed by atoms with van der Waals surface area (Å²) in [5, 5.41) is 9.13. The Labute approximate surface area is 145 Å². The molecule has 3 aromatic heterocycles. The van der Waals surface area contributed by atoms with Crippen LogP contribution >= 0.6 is 35.3 Å². The Morgan fingerprint density at radius 2 is 2.17 bits per heavy atom. The smallest absolute Gasteiger partial charge is 0.278 e. The van der Waals surface area contributed by atoms with Crippen LogP contribution in [-0.4, -0.2) is 28.0 Å². The van der Waals surface area contributed by atoms with Crippen molar-refractivity contribution in [1.29, 1.82) is 0 Å². The second kappa shape index (κ2) is 5.68. The molecule has 2 N–H and O–H groups in total. The molecule has 0 spiro atoms. The van der Waals surface area contributed by atoms with Crippen molar-refractivity contribution in [3.05, 3.63) is 41.1 Å². The van der Waals surface area contributed by atoms with Crippen molar-refractivity contribution >= 4 is 66.9 Å². The number of halogens is 2. The molecule has 3 heterocycles. The van der Waals surface area contributed by atoms with Crippen LogP contribution in [0.4, 0.5) is 5.69 Å². The highest BCUT2D eigenvalue weighted by molar-refractivity contribution is 7.92. The molecule has 7 nitrogen and oxygen atoms in total. The van der Waals surface area contributed by atoms with E-state index >= 15 is 0 Å². The van der Waals surface area contributed by atoms with Gasteiger partial charge < -0.3 is 0 Å². The average Bonchev–Trinajstić information content (AvgIpc) is 3.11. The third kappa shape index (κ3) is 2.65. The van der Waals surface area contributed by atoms with Crippen molar-refractivity contribution in [3.8, 4) is 0 Å². The summed E-state index contributed by atoms with van der Waals surface area (Å²) in [6.07, 6.45) is 3.24. The van der Waals surface area contributed by atoms with E-state index in [1.807, 2.05) is 0 Å². The van der Waals surface area contributed by atoms with E-state index < -0.39 is 10.0 Å². The van der Waals surface area contributed by atoms with Gasteiger partial charge in [0.15, 0.2) is 15.1 Å². The summed E-state index contributed by atoms with van der Waals surface area (Å²) in [4.78, 5) is 4.56. The van der Waals surface area contributed by atoms with Crippen molar-refractivity contribution < 1.29 is 8.42 Å². The number of aromatic nitrogens is 4. The molecule has 0 saturated heterocycles. The molecule has 0 fully saturated rings. The molecule has 0 aliphatic carbocycles. The molecular weight excluding hydrogens is 381 g/mol. The number of benzene rings is 1. The summed E-state index contributed by atoms with van der Waals surface area (Å²) in [7, 11) is -3.85. The van der Waals surface area contributed by atoms with Crippen LogP contribution in [0.25, 0.3) is 15.9 Å². The normalized spacial score (nSPS) is 11.7. The van der Waals surface area contributed by atoms with Crippen molar-refractivity contribution in [1.82, 2.24) is 19.6 Å². The fourth-order valence-corrected chi connectivity index (χ4v) is 4.69. The van der Waals surface area contributed by atoms with Gasteiger partial charge in [-0.25, -0.2) is 4.98 Å². The van der Waals surface area contributed by atoms with Crippen molar-refractivity contribution in [2.24, 2.45) is 0 Å². The number of H-pyrrole nitrogens is 1. The number of nitrogens with one attached hydrogen (secondary N) is 2. The third-order valence-corrected chi connectivity index (χ3v) is 5.66. The Balaban J connectivity index is 0.00000156. The zero-order valence-electron chi connectivity index (χ0n) is 11.2. The Bertz CT molecular complexity index is 1100. The van der Waals surface area contributed by atoms with Crippen LogP contribution in [0, 0.1) is 0 Å². The van der Waals surface area contributed by atoms with Gasteiger partial charge in [0.1, 0.15) is 0 Å². The fourth-order valence-electron chi connectivity index (χ4n) is 2.19. The lowest BCUT2D eigenvalue weighted by Crippen LogP contribution is -2.15.